The lowest BCUT2D eigenvalue weighted by Gasteiger charge is -2.34. The molecule has 3 aliphatic rings. The summed E-state index contributed by atoms with van der Waals surface area (Å²) in [5.41, 5.74) is 0. The largest absolute Gasteiger partial charge is 0.312 e. The zero-order valence-corrected chi connectivity index (χ0v) is 16.5. The van der Waals surface area contributed by atoms with E-state index in [0.717, 1.165) is 0 Å². The van der Waals surface area contributed by atoms with Crippen molar-refractivity contribution in [2.75, 3.05) is 13.1 Å². The summed E-state index contributed by atoms with van der Waals surface area (Å²) in [7, 11) is 0. The van der Waals surface area contributed by atoms with Gasteiger partial charge in [0.05, 0.1) is 0 Å². The summed E-state index contributed by atoms with van der Waals surface area (Å²) >= 11 is 0. The Kier molecular flexibility index (Phi) is 9.08. The summed E-state index contributed by atoms with van der Waals surface area (Å²) in [4.78, 5) is 0. The van der Waals surface area contributed by atoms with Crippen molar-refractivity contribution in [3.05, 3.63) is 0 Å². The van der Waals surface area contributed by atoms with Gasteiger partial charge in [0.1, 0.15) is 0 Å². The van der Waals surface area contributed by atoms with Crippen molar-refractivity contribution in [3.63, 3.8) is 0 Å². The molecule has 3 saturated heterocycles. The van der Waals surface area contributed by atoms with E-state index >= 15 is 0 Å². The van der Waals surface area contributed by atoms with Crippen LogP contribution in [0.5, 0.6) is 0 Å². The van der Waals surface area contributed by atoms with Crippen LogP contribution in [0, 0.1) is 0 Å². The van der Waals surface area contributed by atoms with Gasteiger partial charge in [-0.2, -0.15) is 0 Å². The molecule has 0 aromatic heterocycles. The Balaban J connectivity index is 1.58. The van der Waals surface area contributed by atoms with Crippen LogP contribution in [0.3, 0.4) is 0 Å². The third-order valence-corrected chi connectivity index (χ3v) is 6.88. The molecule has 0 amide bonds. The normalized spacial score (nSPS) is 37.4. The molecule has 0 spiro atoms. The highest BCUT2D eigenvalue weighted by Gasteiger charge is 2.30. The minimum atomic E-state index is 0.694. The molecule has 3 heteroatoms. The van der Waals surface area contributed by atoms with E-state index in [1.54, 1.807) is 0 Å². The van der Waals surface area contributed by atoms with Crippen molar-refractivity contribution >= 4 is 0 Å². The van der Waals surface area contributed by atoms with Gasteiger partial charge in [-0.05, 0) is 51.6 Å². The first kappa shape index (κ1) is 19.6. The quantitative estimate of drug-likeness (QED) is 0.686. The van der Waals surface area contributed by atoms with E-state index in [2.05, 4.69) is 16.0 Å². The molecular weight excluding hydrogens is 306 g/mol. The maximum atomic E-state index is 4.17. The Hall–Kier alpha value is -0.120. The predicted molar refractivity (Wildman–Crippen MR) is 108 cm³/mol. The zero-order chi connectivity index (χ0) is 17.2. The van der Waals surface area contributed by atoms with Crippen LogP contribution in [-0.4, -0.2) is 37.3 Å². The van der Waals surface area contributed by atoms with E-state index in [0.29, 0.717) is 24.2 Å². The van der Waals surface area contributed by atoms with Crippen molar-refractivity contribution in [1.29, 1.82) is 0 Å². The highest BCUT2D eigenvalue weighted by Crippen LogP contribution is 2.23. The number of hydrogen-bond acceptors (Lipinski definition) is 3. The third kappa shape index (κ3) is 6.84. The van der Waals surface area contributed by atoms with Gasteiger partial charge in [-0.1, -0.05) is 64.2 Å². The van der Waals surface area contributed by atoms with Crippen LogP contribution < -0.4 is 16.0 Å². The molecule has 3 heterocycles. The summed E-state index contributed by atoms with van der Waals surface area (Å²) in [5, 5.41) is 12.0. The molecule has 4 unspecified atom stereocenters. The Morgan fingerprint density at radius 2 is 0.720 bits per heavy atom. The summed E-state index contributed by atoms with van der Waals surface area (Å²) in [6.45, 7) is 2.46. The Morgan fingerprint density at radius 1 is 0.360 bits per heavy atom. The number of hydrogen-bond donors (Lipinski definition) is 3. The molecule has 3 nitrogen and oxygen atoms in total. The first-order valence-corrected chi connectivity index (χ1v) is 11.7. The van der Waals surface area contributed by atoms with Gasteiger partial charge in [-0.3, -0.25) is 0 Å². The SMILES string of the molecule is C1CCCNC(C2CCCCC(C3CCCCCCCN3)N2)CCC1. The summed E-state index contributed by atoms with van der Waals surface area (Å²) < 4.78 is 0. The van der Waals surface area contributed by atoms with Crippen LogP contribution in [0.1, 0.15) is 103 Å². The van der Waals surface area contributed by atoms with Gasteiger partial charge in [0, 0.05) is 24.2 Å². The average Bonchev–Trinajstić information content (AvgIpc) is 2.72. The van der Waals surface area contributed by atoms with Gasteiger partial charge in [-0.25, -0.2) is 0 Å². The lowest BCUT2D eigenvalue weighted by atomic mass is 9.96. The highest BCUT2D eigenvalue weighted by molar-refractivity contribution is 4.92. The van der Waals surface area contributed by atoms with Gasteiger partial charge in [0.2, 0.25) is 0 Å². The predicted octanol–water partition coefficient (Wildman–Crippen LogP) is 4.51. The van der Waals surface area contributed by atoms with Crippen LogP contribution in [0.2, 0.25) is 0 Å². The highest BCUT2D eigenvalue weighted by atomic mass is 15.1. The van der Waals surface area contributed by atoms with Crippen LogP contribution in [0.15, 0.2) is 0 Å². The molecule has 0 aromatic carbocycles. The molecule has 4 atom stereocenters. The maximum absolute atomic E-state index is 4.17. The summed E-state index contributed by atoms with van der Waals surface area (Å²) in [6.07, 6.45) is 22.5. The van der Waals surface area contributed by atoms with E-state index in [-0.39, 0.29) is 0 Å². The third-order valence-electron chi connectivity index (χ3n) is 6.88. The fourth-order valence-corrected chi connectivity index (χ4v) is 5.31. The van der Waals surface area contributed by atoms with Crippen LogP contribution >= 0.6 is 0 Å². The second-order valence-electron chi connectivity index (χ2n) is 8.90. The molecule has 3 fully saturated rings. The summed E-state index contributed by atoms with van der Waals surface area (Å²) in [6, 6.07) is 2.80. The molecule has 0 saturated carbocycles. The van der Waals surface area contributed by atoms with E-state index in [9.17, 15) is 0 Å². The first-order chi connectivity index (χ1) is 12.4. The molecular formula is C22H43N3. The van der Waals surface area contributed by atoms with Gasteiger partial charge < -0.3 is 16.0 Å². The second-order valence-corrected chi connectivity index (χ2v) is 8.90. The van der Waals surface area contributed by atoms with Crippen molar-refractivity contribution in [2.45, 2.75) is 127 Å². The Morgan fingerprint density at radius 3 is 1.24 bits per heavy atom. The van der Waals surface area contributed by atoms with E-state index in [4.69, 9.17) is 0 Å². The monoisotopic (exact) mass is 349 g/mol. The topological polar surface area (TPSA) is 36.1 Å². The molecule has 146 valence electrons. The van der Waals surface area contributed by atoms with Crippen LogP contribution in [0.25, 0.3) is 0 Å². The Labute approximate surface area is 156 Å². The minimum Gasteiger partial charge on any atom is -0.312 e. The van der Waals surface area contributed by atoms with E-state index in [1.165, 1.54) is 116 Å². The van der Waals surface area contributed by atoms with Crippen molar-refractivity contribution in [3.8, 4) is 0 Å². The second kappa shape index (κ2) is 11.6. The zero-order valence-electron chi connectivity index (χ0n) is 16.5. The lowest BCUT2D eigenvalue weighted by Crippen LogP contribution is -2.56. The molecule has 3 rings (SSSR count). The molecule has 0 bridgehead atoms. The standard InChI is InChI=1S/C22H43N3/c1-3-7-13-19(23-17-11-5-1)21-15-9-10-16-22(25-21)20-14-8-4-2-6-12-18-24-20/h19-25H,1-18H2. The average molecular weight is 350 g/mol. The van der Waals surface area contributed by atoms with Gasteiger partial charge >= 0.3 is 0 Å². The molecule has 0 aliphatic carbocycles. The van der Waals surface area contributed by atoms with Crippen molar-refractivity contribution in [1.82, 2.24) is 16.0 Å². The van der Waals surface area contributed by atoms with E-state index < -0.39 is 0 Å². The van der Waals surface area contributed by atoms with Crippen molar-refractivity contribution in [2.24, 2.45) is 0 Å². The molecule has 3 N–H and O–H groups in total. The lowest BCUT2D eigenvalue weighted by molar-refractivity contribution is 0.274. The van der Waals surface area contributed by atoms with Gasteiger partial charge in [0.25, 0.3) is 0 Å². The number of rotatable bonds is 2. The number of nitrogens with one attached hydrogen (secondary N) is 3. The minimum absolute atomic E-state index is 0.694. The Bertz CT molecular complexity index is 294. The maximum Gasteiger partial charge on any atom is 0.0224 e. The smallest absolute Gasteiger partial charge is 0.0224 e. The van der Waals surface area contributed by atoms with Gasteiger partial charge in [0.15, 0.2) is 0 Å². The molecule has 3 aliphatic heterocycles. The van der Waals surface area contributed by atoms with E-state index in [1.807, 2.05) is 0 Å². The van der Waals surface area contributed by atoms with Crippen LogP contribution in [-0.2, 0) is 0 Å². The van der Waals surface area contributed by atoms with Gasteiger partial charge in [-0.15, -0.1) is 0 Å². The molecule has 0 aromatic rings. The van der Waals surface area contributed by atoms with Crippen molar-refractivity contribution < 1.29 is 0 Å². The fourth-order valence-electron chi connectivity index (χ4n) is 5.31. The summed E-state index contributed by atoms with van der Waals surface area (Å²) in [5.74, 6) is 0. The molecule has 0 radical (unpaired) electrons. The molecule has 25 heavy (non-hydrogen) atoms. The van der Waals surface area contributed by atoms with Crippen LogP contribution in [0.4, 0.5) is 0 Å². The fraction of sp³-hybridized carbons (Fsp3) is 1.00. The first-order valence-electron chi connectivity index (χ1n) is 11.7.